The summed E-state index contributed by atoms with van der Waals surface area (Å²) in [4.78, 5) is 42.7. The lowest BCUT2D eigenvalue weighted by Crippen LogP contribution is -2.70. The van der Waals surface area contributed by atoms with Crippen molar-refractivity contribution in [3.05, 3.63) is 35.0 Å². The molecule has 44 heavy (non-hydrogen) atoms. The second-order valence-corrected chi connectivity index (χ2v) is 12.7. The third kappa shape index (κ3) is 6.23. The lowest BCUT2D eigenvalue weighted by molar-refractivity contribution is -0.576. The minimum Gasteiger partial charge on any atom is -0.481 e. The normalized spacial score (nSPS) is 33.8. The number of fused-ring (bicyclic) bond motifs is 2. The molecule has 0 unspecified atom stereocenters. The van der Waals surface area contributed by atoms with Crippen molar-refractivity contribution in [1.82, 2.24) is 9.97 Å². The van der Waals surface area contributed by atoms with E-state index in [-0.39, 0.29) is 36.5 Å². The van der Waals surface area contributed by atoms with Crippen LogP contribution in [0.15, 0.2) is 24.3 Å². The molecule has 4 saturated heterocycles. The second-order valence-electron chi connectivity index (χ2n) is 12.3. The first-order chi connectivity index (χ1) is 20.9. The molecule has 5 heterocycles. The Morgan fingerprint density at radius 1 is 1.07 bits per heavy atom. The summed E-state index contributed by atoms with van der Waals surface area (Å²) in [6, 6.07) is 7.41. The number of aromatic nitrogens is 2. The molecule has 2 aromatic rings. The number of esters is 1. The number of hydrogen-bond acceptors (Lipinski definition) is 11. The number of anilines is 2. The summed E-state index contributed by atoms with van der Waals surface area (Å²) < 4.78 is 17.8. The molecule has 1 aromatic heterocycles. The number of nitrogens with zero attached hydrogens (tertiary/aromatic N) is 2. The Labute approximate surface area is 261 Å². The number of aryl methyl sites for hydroxylation is 1. The number of benzene rings is 1. The van der Waals surface area contributed by atoms with Gasteiger partial charge in [0.2, 0.25) is 18.0 Å². The Morgan fingerprint density at radius 3 is 2.48 bits per heavy atom. The number of carboxylic acid groups (broad SMARTS) is 1. The zero-order chi connectivity index (χ0) is 31.8. The Balaban J connectivity index is 0.000000195. The van der Waals surface area contributed by atoms with Crippen LogP contribution in [0.1, 0.15) is 71.9 Å². The first kappa shape index (κ1) is 32.4. The van der Waals surface area contributed by atoms with Crippen LogP contribution in [0.25, 0.3) is 11.1 Å². The van der Waals surface area contributed by atoms with Crippen LogP contribution >= 0.6 is 11.6 Å². The molecule has 0 amide bonds. The van der Waals surface area contributed by atoms with Gasteiger partial charge < -0.3 is 30.8 Å². The summed E-state index contributed by atoms with van der Waals surface area (Å²) >= 11 is 5.86. The Hall–Kier alpha value is -3.03. The molecule has 2 bridgehead atoms. The van der Waals surface area contributed by atoms with Gasteiger partial charge in [-0.3, -0.25) is 9.59 Å². The largest absolute Gasteiger partial charge is 0.481 e. The highest BCUT2D eigenvalue weighted by atomic mass is 35.5. The fraction of sp³-hybridized carbons (Fsp3) is 0.613. The van der Waals surface area contributed by atoms with E-state index >= 15 is 0 Å². The lowest BCUT2D eigenvalue weighted by Gasteiger charge is -2.59. The van der Waals surface area contributed by atoms with Crippen LogP contribution in [-0.4, -0.2) is 51.0 Å². The molecule has 1 aromatic carbocycles. The standard InChI is InChI=1S/C19H28O8.C12H13ClN4/c1-10-4-5-13-11(2)16(23-15(22)7-6-14(20)21)24-17-19(13)12(10)8-9-18(3,25-17)26-27-19;1-2-9-10(11(14)17-12(15)16-9)7-3-5-8(13)6-4-7/h10-13,16-17H,4-9H2,1-3H3,(H,20,21);3-6H,2H2,1H3,(H4,14,15,16,17)/t10-,11-,12+,13+,16+,17-,18-,19-;/m1./s1. The number of carbonyl (C=O) groups excluding carboxylic acids is 1. The molecular formula is C31H41ClN4O8. The maximum atomic E-state index is 12.1. The molecule has 5 aliphatic rings. The minimum atomic E-state index is -1.03. The molecule has 4 aliphatic heterocycles. The minimum absolute atomic E-state index is 0.0670. The van der Waals surface area contributed by atoms with Crippen molar-refractivity contribution < 1.29 is 38.7 Å². The van der Waals surface area contributed by atoms with Gasteiger partial charge in [0.1, 0.15) is 5.82 Å². The molecule has 12 nitrogen and oxygen atoms in total. The molecular weight excluding hydrogens is 592 g/mol. The summed E-state index contributed by atoms with van der Waals surface area (Å²) in [6.07, 6.45) is 2.46. The van der Waals surface area contributed by atoms with Crippen LogP contribution in [0, 0.1) is 23.7 Å². The number of halogens is 1. The molecule has 1 spiro atoms. The molecule has 5 fully saturated rings. The number of hydrogen-bond donors (Lipinski definition) is 3. The van der Waals surface area contributed by atoms with E-state index < -0.39 is 35.9 Å². The van der Waals surface area contributed by atoms with Gasteiger partial charge in [-0.05, 0) is 62.1 Å². The summed E-state index contributed by atoms with van der Waals surface area (Å²) in [7, 11) is 0. The van der Waals surface area contributed by atoms with E-state index in [1.165, 1.54) is 0 Å². The average Bonchev–Trinajstić information content (AvgIpc) is 3.21. The van der Waals surface area contributed by atoms with Gasteiger partial charge in [-0.1, -0.05) is 44.5 Å². The monoisotopic (exact) mass is 632 g/mol. The molecule has 13 heteroatoms. The highest BCUT2D eigenvalue weighted by Gasteiger charge is 2.69. The van der Waals surface area contributed by atoms with E-state index in [0.717, 1.165) is 42.5 Å². The van der Waals surface area contributed by atoms with Crippen LogP contribution in [0.3, 0.4) is 0 Å². The van der Waals surface area contributed by atoms with Crippen LogP contribution in [0.2, 0.25) is 5.02 Å². The predicted molar refractivity (Wildman–Crippen MR) is 160 cm³/mol. The van der Waals surface area contributed by atoms with E-state index in [1.807, 2.05) is 45.0 Å². The van der Waals surface area contributed by atoms with Crippen molar-refractivity contribution >= 4 is 35.3 Å². The molecule has 7 rings (SSSR count). The fourth-order valence-corrected chi connectivity index (χ4v) is 7.26. The van der Waals surface area contributed by atoms with Crippen molar-refractivity contribution in [2.45, 2.75) is 96.6 Å². The van der Waals surface area contributed by atoms with Gasteiger partial charge in [0, 0.05) is 28.8 Å². The number of carboxylic acids is 1. The number of nitrogens with two attached hydrogens (primary N) is 2. The Kier molecular flexibility index (Phi) is 9.39. The van der Waals surface area contributed by atoms with Crippen molar-refractivity contribution in [3.8, 4) is 11.1 Å². The highest BCUT2D eigenvalue weighted by Crippen LogP contribution is 2.60. The van der Waals surface area contributed by atoms with Crippen molar-refractivity contribution in [1.29, 1.82) is 0 Å². The zero-order valence-corrected chi connectivity index (χ0v) is 26.2. The Bertz CT molecular complexity index is 1380. The van der Waals surface area contributed by atoms with E-state index in [9.17, 15) is 9.59 Å². The first-order valence-corrected chi connectivity index (χ1v) is 15.5. The molecule has 240 valence electrons. The maximum absolute atomic E-state index is 12.1. The maximum Gasteiger partial charge on any atom is 0.308 e. The van der Waals surface area contributed by atoms with E-state index in [0.29, 0.717) is 23.2 Å². The smallest absolute Gasteiger partial charge is 0.308 e. The van der Waals surface area contributed by atoms with Gasteiger partial charge in [-0.25, -0.2) is 14.8 Å². The van der Waals surface area contributed by atoms with Crippen molar-refractivity contribution in [3.63, 3.8) is 0 Å². The van der Waals surface area contributed by atoms with Crippen molar-refractivity contribution in [2.75, 3.05) is 11.5 Å². The number of aliphatic carboxylic acids is 1. The summed E-state index contributed by atoms with van der Waals surface area (Å²) in [5.41, 5.74) is 13.4. The SMILES string of the molecule is CCc1nc(N)nc(N)c1-c1ccc(Cl)cc1.C[C@H]1[C@@H](OC(=O)CCC(=O)O)O[C@@H]2O[C@@]3(C)CC[C@H]4[C@H](C)CC[C@@H]1[C@@]24OO3. The lowest BCUT2D eigenvalue weighted by atomic mass is 9.58. The van der Waals surface area contributed by atoms with E-state index in [1.54, 1.807) is 0 Å². The number of rotatable bonds is 6. The zero-order valence-electron chi connectivity index (χ0n) is 25.5. The van der Waals surface area contributed by atoms with E-state index in [2.05, 4.69) is 16.9 Å². The topological polar surface area (TPSA) is 178 Å². The first-order valence-electron chi connectivity index (χ1n) is 15.2. The van der Waals surface area contributed by atoms with Gasteiger partial charge in [0.15, 0.2) is 11.9 Å². The highest BCUT2D eigenvalue weighted by molar-refractivity contribution is 6.30. The quantitative estimate of drug-likeness (QED) is 0.283. The van der Waals surface area contributed by atoms with Crippen molar-refractivity contribution in [2.24, 2.45) is 23.7 Å². The van der Waals surface area contributed by atoms with Gasteiger partial charge in [-0.15, -0.1) is 0 Å². The number of nitrogen functional groups attached to an aromatic ring is 2. The predicted octanol–water partition coefficient (Wildman–Crippen LogP) is 5.13. The van der Waals surface area contributed by atoms with Gasteiger partial charge in [0.25, 0.3) is 0 Å². The van der Waals surface area contributed by atoms with Gasteiger partial charge in [-0.2, -0.15) is 4.98 Å². The second kappa shape index (κ2) is 12.8. The fourth-order valence-electron chi connectivity index (χ4n) is 7.14. The van der Waals surface area contributed by atoms with Crippen LogP contribution in [-0.2, 0) is 40.0 Å². The van der Waals surface area contributed by atoms with Crippen LogP contribution in [0.5, 0.6) is 0 Å². The number of ether oxygens (including phenoxy) is 3. The van der Waals surface area contributed by atoms with Crippen LogP contribution < -0.4 is 11.5 Å². The molecule has 1 saturated carbocycles. The Morgan fingerprint density at radius 2 is 1.80 bits per heavy atom. The van der Waals surface area contributed by atoms with E-state index in [4.69, 9.17) is 52.2 Å². The molecule has 5 N–H and O–H groups in total. The summed E-state index contributed by atoms with van der Waals surface area (Å²) in [5, 5.41) is 9.44. The average molecular weight is 633 g/mol. The third-order valence-electron chi connectivity index (χ3n) is 9.38. The molecule has 0 radical (unpaired) electrons. The van der Waals surface area contributed by atoms with Crippen LogP contribution in [0.4, 0.5) is 11.8 Å². The molecule has 1 aliphatic carbocycles. The third-order valence-corrected chi connectivity index (χ3v) is 9.64. The molecule has 8 atom stereocenters. The van der Waals surface area contributed by atoms with Gasteiger partial charge in [0.05, 0.1) is 18.5 Å². The van der Waals surface area contributed by atoms with Gasteiger partial charge >= 0.3 is 11.9 Å². The summed E-state index contributed by atoms with van der Waals surface area (Å²) in [6.45, 7) is 8.06. The summed E-state index contributed by atoms with van der Waals surface area (Å²) in [5.74, 6) is -1.22. The number of carbonyl (C=O) groups is 2.